The summed E-state index contributed by atoms with van der Waals surface area (Å²) in [6.45, 7) is 4.28. The van der Waals surface area contributed by atoms with Crippen LogP contribution in [0.3, 0.4) is 0 Å². The summed E-state index contributed by atoms with van der Waals surface area (Å²) >= 11 is 1.56. The van der Waals surface area contributed by atoms with Gasteiger partial charge in [-0.2, -0.15) is 11.8 Å². The number of aliphatic hydroxyl groups excluding tert-OH is 1. The Morgan fingerprint density at radius 1 is 1.62 bits per heavy atom. The first-order valence-electron chi connectivity index (χ1n) is 4.60. The van der Waals surface area contributed by atoms with Crippen LogP contribution in [0.2, 0.25) is 0 Å². The summed E-state index contributed by atoms with van der Waals surface area (Å²) in [5, 5.41) is 11.8. The van der Waals surface area contributed by atoms with Crippen molar-refractivity contribution in [3.8, 4) is 0 Å². The largest absolute Gasteiger partial charge is 0.393 e. The minimum Gasteiger partial charge on any atom is -0.393 e. The van der Waals surface area contributed by atoms with Crippen LogP contribution in [-0.2, 0) is 4.79 Å². The molecule has 78 valence electrons. The average Bonchev–Trinajstić information content (AvgIpc) is 2.05. The Labute approximate surface area is 84.3 Å². The number of rotatable bonds is 6. The molecule has 0 aromatic heterocycles. The van der Waals surface area contributed by atoms with E-state index in [9.17, 15) is 4.79 Å². The molecule has 13 heavy (non-hydrogen) atoms. The maximum absolute atomic E-state index is 11.4. The number of amides is 1. The van der Waals surface area contributed by atoms with Crippen molar-refractivity contribution in [1.29, 1.82) is 0 Å². The molecule has 0 rings (SSSR count). The van der Waals surface area contributed by atoms with Crippen LogP contribution in [0.4, 0.5) is 0 Å². The summed E-state index contributed by atoms with van der Waals surface area (Å²) in [5.41, 5.74) is 0. The first kappa shape index (κ1) is 12.8. The third-order valence-corrected chi connectivity index (χ3v) is 2.93. The van der Waals surface area contributed by atoms with E-state index in [1.54, 1.807) is 18.7 Å². The van der Waals surface area contributed by atoms with E-state index in [4.69, 9.17) is 5.11 Å². The van der Waals surface area contributed by atoms with Crippen LogP contribution in [0.25, 0.3) is 0 Å². The molecule has 0 aromatic carbocycles. The van der Waals surface area contributed by atoms with Crippen molar-refractivity contribution in [3.05, 3.63) is 0 Å². The zero-order valence-corrected chi connectivity index (χ0v) is 9.36. The number of carbonyl (C=O) groups excluding carboxylic acids is 1. The fraction of sp³-hybridized carbons (Fsp3) is 0.889. The minimum atomic E-state index is -0.338. The van der Waals surface area contributed by atoms with Gasteiger partial charge in [0, 0.05) is 6.54 Å². The van der Waals surface area contributed by atoms with Gasteiger partial charge in [-0.3, -0.25) is 4.79 Å². The molecule has 0 aliphatic carbocycles. The lowest BCUT2D eigenvalue weighted by Crippen LogP contribution is -2.33. The quantitative estimate of drug-likeness (QED) is 0.680. The fourth-order valence-corrected chi connectivity index (χ4v) is 1.61. The Kier molecular flexibility index (Phi) is 7.09. The second kappa shape index (κ2) is 7.21. The van der Waals surface area contributed by atoms with Crippen LogP contribution in [0, 0.1) is 0 Å². The van der Waals surface area contributed by atoms with Gasteiger partial charge in [-0.25, -0.2) is 0 Å². The first-order valence-corrected chi connectivity index (χ1v) is 5.89. The van der Waals surface area contributed by atoms with E-state index in [1.807, 2.05) is 13.2 Å². The molecule has 2 N–H and O–H groups in total. The van der Waals surface area contributed by atoms with E-state index in [0.29, 0.717) is 13.0 Å². The molecule has 0 aromatic rings. The Hall–Kier alpha value is -0.220. The third-order valence-electron chi connectivity index (χ3n) is 1.81. The highest BCUT2D eigenvalue weighted by molar-refractivity contribution is 7.99. The van der Waals surface area contributed by atoms with Crippen molar-refractivity contribution in [3.63, 3.8) is 0 Å². The van der Waals surface area contributed by atoms with Crippen LogP contribution in [0.15, 0.2) is 0 Å². The average molecular weight is 205 g/mol. The predicted molar refractivity (Wildman–Crippen MR) is 56.9 cm³/mol. The Morgan fingerprint density at radius 3 is 2.62 bits per heavy atom. The van der Waals surface area contributed by atoms with Crippen molar-refractivity contribution < 1.29 is 9.90 Å². The molecular formula is C9H19NO2S. The van der Waals surface area contributed by atoms with Gasteiger partial charge in [-0.15, -0.1) is 0 Å². The minimum absolute atomic E-state index is 0.0500. The smallest absolute Gasteiger partial charge is 0.233 e. The topological polar surface area (TPSA) is 49.3 Å². The van der Waals surface area contributed by atoms with E-state index >= 15 is 0 Å². The van der Waals surface area contributed by atoms with E-state index in [-0.39, 0.29) is 17.3 Å². The van der Waals surface area contributed by atoms with Crippen molar-refractivity contribution in [2.24, 2.45) is 0 Å². The first-order chi connectivity index (χ1) is 6.11. The Bertz CT molecular complexity index is 147. The third kappa shape index (κ3) is 5.93. The highest BCUT2D eigenvalue weighted by Gasteiger charge is 2.13. The molecule has 3 nitrogen and oxygen atoms in total. The van der Waals surface area contributed by atoms with E-state index in [0.717, 1.165) is 6.42 Å². The molecule has 2 atom stereocenters. The van der Waals surface area contributed by atoms with Crippen LogP contribution >= 0.6 is 11.8 Å². The maximum atomic E-state index is 11.4. The van der Waals surface area contributed by atoms with Crippen molar-refractivity contribution in [2.45, 2.75) is 38.0 Å². The second-order valence-corrected chi connectivity index (χ2v) is 4.10. The lowest BCUT2D eigenvalue weighted by molar-refractivity contribution is -0.120. The van der Waals surface area contributed by atoms with Gasteiger partial charge in [0.25, 0.3) is 0 Å². The fourth-order valence-electron chi connectivity index (χ4n) is 0.977. The van der Waals surface area contributed by atoms with Crippen molar-refractivity contribution in [1.82, 2.24) is 5.32 Å². The molecule has 4 heteroatoms. The zero-order chi connectivity index (χ0) is 10.3. The van der Waals surface area contributed by atoms with Gasteiger partial charge in [0.2, 0.25) is 5.91 Å². The molecule has 0 aliphatic rings. The summed E-state index contributed by atoms with van der Waals surface area (Å²) in [7, 11) is 0. The second-order valence-electron chi connectivity index (χ2n) is 3.06. The van der Waals surface area contributed by atoms with E-state index < -0.39 is 0 Å². The highest BCUT2D eigenvalue weighted by atomic mass is 32.2. The highest BCUT2D eigenvalue weighted by Crippen LogP contribution is 2.09. The molecule has 0 fully saturated rings. The molecule has 0 saturated heterocycles. The molecule has 0 aliphatic heterocycles. The lowest BCUT2D eigenvalue weighted by Gasteiger charge is -2.12. The summed E-state index contributed by atoms with van der Waals surface area (Å²) < 4.78 is 0. The molecule has 0 spiro atoms. The monoisotopic (exact) mass is 205 g/mol. The number of carbonyl (C=O) groups is 1. The lowest BCUT2D eigenvalue weighted by atomic mass is 10.2. The summed E-state index contributed by atoms with van der Waals surface area (Å²) in [6, 6.07) is 0. The van der Waals surface area contributed by atoms with E-state index in [2.05, 4.69) is 5.32 Å². The number of aliphatic hydroxyl groups is 1. The van der Waals surface area contributed by atoms with Gasteiger partial charge in [0.05, 0.1) is 11.4 Å². The number of thioether (sulfide) groups is 1. The molecular weight excluding hydrogens is 186 g/mol. The van der Waals surface area contributed by atoms with Crippen LogP contribution in [-0.4, -0.2) is 35.2 Å². The standard InChI is InChI=1S/C9H19NO2S/c1-4-8(13-3)9(12)10-6-5-7(2)11/h7-8,11H,4-6H2,1-3H3,(H,10,12). The van der Waals surface area contributed by atoms with E-state index in [1.165, 1.54) is 0 Å². The molecule has 0 bridgehead atoms. The Balaban J connectivity index is 3.60. The normalized spacial score (nSPS) is 15.1. The van der Waals surface area contributed by atoms with Gasteiger partial charge >= 0.3 is 0 Å². The van der Waals surface area contributed by atoms with Crippen LogP contribution in [0.5, 0.6) is 0 Å². The number of hydrogen-bond donors (Lipinski definition) is 2. The van der Waals surface area contributed by atoms with Gasteiger partial charge in [-0.05, 0) is 26.0 Å². The van der Waals surface area contributed by atoms with Gasteiger partial charge in [0.15, 0.2) is 0 Å². The maximum Gasteiger partial charge on any atom is 0.233 e. The van der Waals surface area contributed by atoms with Gasteiger partial charge < -0.3 is 10.4 Å². The molecule has 0 saturated carbocycles. The Morgan fingerprint density at radius 2 is 2.23 bits per heavy atom. The van der Waals surface area contributed by atoms with Gasteiger partial charge in [0.1, 0.15) is 0 Å². The van der Waals surface area contributed by atoms with Gasteiger partial charge in [-0.1, -0.05) is 6.92 Å². The predicted octanol–water partition coefficient (Wildman–Crippen LogP) is 1.02. The molecule has 1 amide bonds. The SMILES string of the molecule is CCC(SC)C(=O)NCCC(C)O. The van der Waals surface area contributed by atoms with Crippen LogP contribution in [0.1, 0.15) is 26.7 Å². The zero-order valence-electron chi connectivity index (χ0n) is 8.54. The molecule has 2 unspecified atom stereocenters. The summed E-state index contributed by atoms with van der Waals surface area (Å²) in [4.78, 5) is 11.4. The number of hydrogen-bond acceptors (Lipinski definition) is 3. The van der Waals surface area contributed by atoms with Crippen LogP contribution < -0.4 is 5.32 Å². The van der Waals surface area contributed by atoms with Crippen molar-refractivity contribution >= 4 is 17.7 Å². The van der Waals surface area contributed by atoms with Crippen molar-refractivity contribution in [2.75, 3.05) is 12.8 Å². The summed E-state index contributed by atoms with van der Waals surface area (Å²) in [6.07, 6.45) is 3.07. The molecule has 0 heterocycles. The summed E-state index contributed by atoms with van der Waals surface area (Å²) in [5.74, 6) is 0.0793. The number of nitrogens with one attached hydrogen (secondary N) is 1. The molecule has 0 radical (unpaired) electrons.